The summed E-state index contributed by atoms with van der Waals surface area (Å²) in [5.74, 6) is -0.867. The number of carboxylic acid groups (broad SMARTS) is 1. The molecule has 0 saturated heterocycles. The van der Waals surface area contributed by atoms with Crippen molar-refractivity contribution in [2.24, 2.45) is 5.92 Å². The molecule has 0 aromatic heterocycles. The van der Waals surface area contributed by atoms with Crippen LogP contribution in [0.25, 0.3) is 0 Å². The number of fused-ring (bicyclic) bond motifs is 2. The van der Waals surface area contributed by atoms with Gasteiger partial charge in [-0.2, -0.15) is 0 Å². The fraction of sp³-hybridized carbons (Fsp3) is 0.533. The highest BCUT2D eigenvalue weighted by Gasteiger charge is 2.49. The first-order chi connectivity index (χ1) is 8.65. The van der Waals surface area contributed by atoms with E-state index in [1.165, 1.54) is 11.1 Å². The van der Waals surface area contributed by atoms with Gasteiger partial charge in [-0.05, 0) is 42.9 Å². The van der Waals surface area contributed by atoms with Crippen molar-refractivity contribution < 1.29 is 9.90 Å². The van der Waals surface area contributed by atoms with E-state index in [1.54, 1.807) is 0 Å². The highest BCUT2D eigenvalue weighted by atomic mass is 35.5. The molecule has 3 heteroatoms. The van der Waals surface area contributed by atoms with E-state index in [-0.39, 0.29) is 11.3 Å². The van der Waals surface area contributed by atoms with Gasteiger partial charge < -0.3 is 5.11 Å². The van der Waals surface area contributed by atoms with Crippen LogP contribution in [0.3, 0.4) is 0 Å². The number of halogens is 1. The van der Waals surface area contributed by atoms with Crippen molar-refractivity contribution in [1.82, 2.24) is 0 Å². The van der Waals surface area contributed by atoms with E-state index in [9.17, 15) is 9.90 Å². The van der Waals surface area contributed by atoms with Crippen molar-refractivity contribution >= 4 is 17.6 Å². The second-order valence-corrected chi connectivity index (χ2v) is 5.97. The molecule has 18 heavy (non-hydrogen) atoms. The maximum absolute atomic E-state index is 11.6. The van der Waals surface area contributed by atoms with Gasteiger partial charge in [0, 0.05) is 10.4 Å². The lowest BCUT2D eigenvalue weighted by Gasteiger charge is -2.41. The van der Waals surface area contributed by atoms with Crippen molar-refractivity contribution in [2.75, 3.05) is 0 Å². The molecule has 0 amide bonds. The Morgan fingerprint density at radius 2 is 2.06 bits per heavy atom. The zero-order chi connectivity index (χ0) is 12.8. The van der Waals surface area contributed by atoms with E-state index >= 15 is 0 Å². The quantitative estimate of drug-likeness (QED) is 0.838. The van der Waals surface area contributed by atoms with E-state index in [4.69, 9.17) is 11.6 Å². The molecule has 1 fully saturated rings. The molecule has 1 atom stereocenters. The fourth-order valence-corrected chi connectivity index (χ4v) is 4.28. The molecule has 2 aliphatic carbocycles. The largest absolute Gasteiger partial charge is 0.481 e. The third kappa shape index (κ3) is 1.58. The van der Waals surface area contributed by atoms with Gasteiger partial charge in [-0.25, -0.2) is 0 Å². The van der Waals surface area contributed by atoms with E-state index in [2.05, 4.69) is 6.07 Å². The van der Waals surface area contributed by atoms with Gasteiger partial charge in [-0.15, -0.1) is 0 Å². The Hall–Kier alpha value is -1.02. The molecule has 1 unspecified atom stereocenters. The Balaban J connectivity index is 2.17. The van der Waals surface area contributed by atoms with Crippen molar-refractivity contribution in [2.45, 2.75) is 43.9 Å². The van der Waals surface area contributed by atoms with Crippen molar-refractivity contribution in [1.29, 1.82) is 0 Å². The topological polar surface area (TPSA) is 37.3 Å². The molecule has 0 radical (unpaired) electrons. The second kappa shape index (κ2) is 4.27. The molecule has 96 valence electrons. The summed E-state index contributed by atoms with van der Waals surface area (Å²) in [4.78, 5) is 11.6. The van der Waals surface area contributed by atoms with Gasteiger partial charge in [0.25, 0.3) is 0 Å². The van der Waals surface area contributed by atoms with Crippen LogP contribution in [0.15, 0.2) is 18.2 Å². The SMILES string of the molecule is O=C(O)C1CCc2c(Cl)cccc2C12CCCC2. The summed E-state index contributed by atoms with van der Waals surface area (Å²) >= 11 is 6.28. The average molecular weight is 265 g/mol. The number of aliphatic carboxylic acids is 1. The van der Waals surface area contributed by atoms with Crippen molar-refractivity contribution in [3.8, 4) is 0 Å². The third-order valence-electron chi connectivity index (χ3n) is 4.80. The van der Waals surface area contributed by atoms with E-state index < -0.39 is 5.97 Å². The predicted octanol–water partition coefficient (Wildman–Crippen LogP) is 3.80. The molecule has 0 aliphatic heterocycles. The summed E-state index contributed by atoms with van der Waals surface area (Å²) in [6, 6.07) is 5.98. The van der Waals surface area contributed by atoms with Crippen LogP contribution >= 0.6 is 11.6 Å². The van der Waals surface area contributed by atoms with Crippen LogP contribution in [-0.4, -0.2) is 11.1 Å². The molecule has 0 heterocycles. The number of hydrogen-bond acceptors (Lipinski definition) is 1. The Morgan fingerprint density at radius 3 is 2.72 bits per heavy atom. The van der Waals surface area contributed by atoms with Gasteiger partial charge in [-0.1, -0.05) is 36.6 Å². The first-order valence-corrected chi connectivity index (χ1v) is 7.03. The molecule has 2 aliphatic rings. The third-order valence-corrected chi connectivity index (χ3v) is 5.15. The fourth-order valence-electron chi connectivity index (χ4n) is 4.02. The molecule has 1 saturated carbocycles. The molecular formula is C15H17ClO2. The molecule has 2 nitrogen and oxygen atoms in total. The molecule has 3 rings (SSSR count). The summed E-state index contributed by atoms with van der Waals surface area (Å²) in [7, 11) is 0. The Kier molecular flexibility index (Phi) is 2.86. The minimum absolute atomic E-state index is 0.148. The lowest BCUT2D eigenvalue weighted by molar-refractivity contribution is -0.145. The van der Waals surface area contributed by atoms with Crippen LogP contribution in [0.2, 0.25) is 5.02 Å². The molecule has 0 bridgehead atoms. The van der Waals surface area contributed by atoms with Gasteiger partial charge >= 0.3 is 5.97 Å². The standard InChI is InChI=1S/C15H17ClO2/c16-13-5-3-4-11-10(13)6-7-12(14(17)18)15(11)8-1-2-9-15/h3-5,12H,1-2,6-9H2,(H,17,18). The number of hydrogen-bond donors (Lipinski definition) is 1. The van der Waals surface area contributed by atoms with E-state index in [0.29, 0.717) is 0 Å². The highest BCUT2D eigenvalue weighted by molar-refractivity contribution is 6.31. The minimum atomic E-state index is -0.637. The summed E-state index contributed by atoms with van der Waals surface area (Å²) in [5.41, 5.74) is 2.26. The van der Waals surface area contributed by atoms with Crippen LogP contribution in [0.4, 0.5) is 0 Å². The van der Waals surface area contributed by atoms with Crippen LogP contribution in [0.1, 0.15) is 43.2 Å². The summed E-state index contributed by atoms with van der Waals surface area (Å²) < 4.78 is 0. The highest BCUT2D eigenvalue weighted by Crippen LogP contribution is 2.53. The summed E-state index contributed by atoms with van der Waals surface area (Å²) in [6.45, 7) is 0. The number of carboxylic acids is 1. The Morgan fingerprint density at radius 1 is 1.33 bits per heavy atom. The number of carbonyl (C=O) groups is 1. The Bertz CT molecular complexity index is 489. The van der Waals surface area contributed by atoms with Gasteiger partial charge in [0.2, 0.25) is 0 Å². The lowest BCUT2D eigenvalue weighted by atomic mass is 9.62. The molecule has 1 aromatic carbocycles. The van der Waals surface area contributed by atoms with Crippen molar-refractivity contribution in [3.05, 3.63) is 34.3 Å². The molecular weight excluding hydrogens is 248 g/mol. The normalized spacial score (nSPS) is 25.1. The monoisotopic (exact) mass is 264 g/mol. The maximum atomic E-state index is 11.6. The van der Waals surface area contributed by atoms with Crippen LogP contribution in [0, 0.1) is 5.92 Å². The Labute approximate surface area is 112 Å². The molecule has 1 N–H and O–H groups in total. The lowest BCUT2D eigenvalue weighted by Crippen LogP contribution is -2.41. The van der Waals surface area contributed by atoms with Gasteiger partial charge in [0.1, 0.15) is 0 Å². The average Bonchev–Trinajstić information content (AvgIpc) is 2.80. The summed E-state index contributed by atoms with van der Waals surface area (Å²) in [5, 5.41) is 10.3. The van der Waals surface area contributed by atoms with Gasteiger partial charge in [0.15, 0.2) is 0 Å². The van der Waals surface area contributed by atoms with Gasteiger partial charge in [0.05, 0.1) is 5.92 Å². The van der Waals surface area contributed by atoms with E-state index in [1.807, 2.05) is 12.1 Å². The predicted molar refractivity (Wildman–Crippen MR) is 71.0 cm³/mol. The van der Waals surface area contributed by atoms with Gasteiger partial charge in [-0.3, -0.25) is 4.79 Å². The first-order valence-electron chi connectivity index (χ1n) is 6.66. The zero-order valence-corrected chi connectivity index (χ0v) is 11.0. The number of rotatable bonds is 1. The van der Waals surface area contributed by atoms with E-state index in [0.717, 1.165) is 43.5 Å². The van der Waals surface area contributed by atoms with Crippen LogP contribution < -0.4 is 0 Å². The van der Waals surface area contributed by atoms with Crippen molar-refractivity contribution in [3.63, 3.8) is 0 Å². The molecule has 1 aromatic rings. The second-order valence-electron chi connectivity index (χ2n) is 5.56. The van der Waals surface area contributed by atoms with Crippen LogP contribution in [-0.2, 0) is 16.6 Å². The zero-order valence-electron chi connectivity index (χ0n) is 10.3. The smallest absolute Gasteiger partial charge is 0.307 e. The number of benzene rings is 1. The summed E-state index contributed by atoms with van der Waals surface area (Å²) in [6.07, 6.45) is 5.79. The van der Waals surface area contributed by atoms with Crippen LogP contribution in [0.5, 0.6) is 0 Å². The maximum Gasteiger partial charge on any atom is 0.307 e. The molecule has 1 spiro atoms. The minimum Gasteiger partial charge on any atom is -0.481 e. The first kappa shape index (κ1) is 12.0.